The van der Waals surface area contributed by atoms with Gasteiger partial charge >= 0.3 is 0 Å². The smallest absolute Gasteiger partial charge is 0.255 e. The molecule has 1 aliphatic rings. The van der Waals surface area contributed by atoms with Crippen molar-refractivity contribution in [2.24, 2.45) is 0 Å². The summed E-state index contributed by atoms with van der Waals surface area (Å²) in [6.07, 6.45) is 5.74. The van der Waals surface area contributed by atoms with Gasteiger partial charge in [-0.1, -0.05) is 0 Å². The van der Waals surface area contributed by atoms with E-state index >= 15 is 0 Å². The first-order valence-electron chi connectivity index (χ1n) is 7.13. The van der Waals surface area contributed by atoms with Crippen LogP contribution in [-0.4, -0.2) is 36.7 Å². The molecule has 1 aliphatic heterocycles. The monoisotopic (exact) mass is 313 g/mol. The zero-order valence-corrected chi connectivity index (χ0v) is 12.7. The first-order chi connectivity index (χ1) is 10.8. The Morgan fingerprint density at radius 2 is 2.32 bits per heavy atom. The molecule has 3 aromatic rings. The van der Waals surface area contributed by atoms with Gasteiger partial charge in [0.25, 0.3) is 5.91 Å². The van der Waals surface area contributed by atoms with Gasteiger partial charge in [-0.3, -0.25) is 9.48 Å². The molecule has 0 fully saturated rings. The number of imidazole rings is 1. The van der Waals surface area contributed by atoms with Crippen LogP contribution in [0.2, 0.25) is 0 Å². The Morgan fingerprint density at radius 3 is 3.09 bits per heavy atom. The van der Waals surface area contributed by atoms with Crippen LogP contribution in [0.5, 0.6) is 0 Å². The average molecular weight is 313 g/mol. The zero-order valence-electron chi connectivity index (χ0n) is 11.9. The van der Waals surface area contributed by atoms with E-state index in [1.165, 1.54) is 0 Å². The number of amides is 1. The van der Waals surface area contributed by atoms with Gasteiger partial charge in [0.05, 0.1) is 24.3 Å². The lowest BCUT2D eigenvalue weighted by atomic mass is 10.2. The molecular formula is C15H15N5OS. The molecule has 3 aromatic heterocycles. The topological polar surface area (TPSA) is 56.0 Å². The van der Waals surface area contributed by atoms with Crippen molar-refractivity contribution in [2.75, 3.05) is 6.54 Å². The van der Waals surface area contributed by atoms with Gasteiger partial charge in [-0.05, 0) is 17.5 Å². The Kier molecular flexibility index (Phi) is 3.27. The van der Waals surface area contributed by atoms with E-state index in [9.17, 15) is 4.79 Å². The van der Waals surface area contributed by atoms with Crippen molar-refractivity contribution in [3.63, 3.8) is 0 Å². The van der Waals surface area contributed by atoms with Gasteiger partial charge in [0.2, 0.25) is 0 Å². The summed E-state index contributed by atoms with van der Waals surface area (Å²) in [4.78, 5) is 18.9. The summed E-state index contributed by atoms with van der Waals surface area (Å²) in [5.74, 6) is 1.03. The van der Waals surface area contributed by atoms with E-state index in [1.54, 1.807) is 17.5 Å². The Morgan fingerprint density at radius 1 is 1.36 bits per heavy atom. The summed E-state index contributed by atoms with van der Waals surface area (Å²) in [6, 6.07) is 3.77. The van der Waals surface area contributed by atoms with Gasteiger partial charge in [0.15, 0.2) is 0 Å². The molecule has 0 aromatic carbocycles. The van der Waals surface area contributed by atoms with Crippen LogP contribution >= 0.6 is 11.3 Å². The van der Waals surface area contributed by atoms with Crippen molar-refractivity contribution in [3.8, 4) is 0 Å². The minimum absolute atomic E-state index is 0.0872. The summed E-state index contributed by atoms with van der Waals surface area (Å²) < 4.78 is 3.98. The molecule has 1 amide bonds. The molecule has 0 atom stereocenters. The third kappa shape index (κ3) is 2.43. The molecule has 0 saturated carbocycles. The van der Waals surface area contributed by atoms with Crippen LogP contribution in [0, 0.1) is 0 Å². The SMILES string of the molecule is O=C(c1ccsc1)N1CCn2cc(Cn3cccn3)nc2C1. The molecule has 4 rings (SSSR count). The second kappa shape index (κ2) is 5.42. The molecule has 22 heavy (non-hydrogen) atoms. The maximum absolute atomic E-state index is 12.4. The molecule has 0 aliphatic carbocycles. The van der Waals surface area contributed by atoms with E-state index in [0.29, 0.717) is 13.1 Å². The van der Waals surface area contributed by atoms with Crippen LogP contribution in [0.1, 0.15) is 21.9 Å². The van der Waals surface area contributed by atoms with Gasteiger partial charge in [-0.25, -0.2) is 4.98 Å². The van der Waals surface area contributed by atoms with E-state index in [4.69, 9.17) is 0 Å². The molecule has 112 valence electrons. The number of carbonyl (C=O) groups excluding carboxylic acids is 1. The number of fused-ring (bicyclic) bond motifs is 1. The zero-order chi connectivity index (χ0) is 14.9. The van der Waals surface area contributed by atoms with Crippen LogP contribution in [0.4, 0.5) is 0 Å². The van der Waals surface area contributed by atoms with E-state index < -0.39 is 0 Å². The highest BCUT2D eigenvalue weighted by molar-refractivity contribution is 7.08. The van der Waals surface area contributed by atoms with Crippen LogP contribution in [0.15, 0.2) is 41.5 Å². The van der Waals surface area contributed by atoms with Crippen LogP contribution in [0.25, 0.3) is 0 Å². The largest absolute Gasteiger partial charge is 0.331 e. The standard InChI is InChI=1S/C15H15N5OS/c21-15(12-2-7-22-11-12)19-6-5-18-8-13(17-14(18)10-19)9-20-4-1-3-16-20/h1-4,7-8,11H,5-6,9-10H2. The highest BCUT2D eigenvalue weighted by Crippen LogP contribution is 2.17. The number of rotatable bonds is 3. The lowest BCUT2D eigenvalue weighted by Crippen LogP contribution is -2.38. The number of thiophene rings is 1. The Bertz CT molecular complexity index is 775. The second-order valence-corrected chi connectivity index (χ2v) is 6.06. The number of carbonyl (C=O) groups is 1. The van der Waals surface area contributed by atoms with Crippen LogP contribution < -0.4 is 0 Å². The minimum Gasteiger partial charge on any atom is -0.331 e. The first kappa shape index (κ1) is 13.3. The van der Waals surface area contributed by atoms with E-state index in [-0.39, 0.29) is 5.91 Å². The minimum atomic E-state index is 0.0872. The van der Waals surface area contributed by atoms with Crippen molar-refractivity contribution in [2.45, 2.75) is 19.6 Å². The average Bonchev–Trinajstić information content (AvgIpc) is 3.27. The summed E-state index contributed by atoms with van der Waals surface area (Å²) in [6.45, 7) is 2.73. The quantitative estimate of drug-likeness (QED) is 0.741. The molecule has 7 heteroatoms. The molecular weight excluding hydrogens is 298 g/mol. The third-order valence-corrected chi connectivity index (χ3v) is 4.47. The predicted octanol–water partition coefficient (Wildman–Crippen LogP) is 1.85. The Balaban J connectivity index is 1.51. The molecule has 0 unspecified atom stereocenters. The molecule has 0 saturated heterocycles. The fourth-order valence-electron chi connectivity index (χ4n) is 2.69. The van der Waals surface area contributed by atoms with E-state index in [1.807, 2.05) is 38.7 Å². The number of aromatic nitrogens is 4. The van der Waals surface area contributed by atoms with Crippen molar-refractivity contribution < 1.29 is 4.79 Å². The molecule has 0 radical (unpaired) electrons. The fraction of sp³-hybridized carbons (Fsp3) is 0.267. The van der Waals surface area contributed by atoms with Crippen molar-refractivity contribution in [1.29, 1.82) is 0 Å². The second-order valence-electron chi connectivity index (χ2n) is 5.28. The number of nitrogens with zero attached hydrogens (tertiary/aromatic N) is 5. The highest BCUT2D eigenvalue weighted by atomic mass is 32.1. The summed E-state index contributed by atoms with van der Waals surface area (Å²) >= 11 is 1.55. The van der Waals surface area contributed by atoms with E-state index in [0.717, 1.165) is 30.2 Å². The lowest BCUT2D eigenvalue weighted by molar-refractivity contribution is 0.0708. The molecule has 0 spiro atoms. The van der Waals surface area contributed by atoms with Crippen molar-refractivity contribution >= 4 is 17.2 Å². The maximum atomic E-state index is 12.4. The van der Waals surface area contributed by atoms with Gasteiger partial charge in [-0.2, -0.15) is 16.4 Å². The Hall–Kier alpha value is -2.41. The predicted molar refractivity (Wildman–Crippen MR) is 82.6 cm³/mol. The van der Waals surface area contributed by atoms with Gasteiger partial charge < -0.3 is 9.47 Å². The highest BCUT2D eigenvalue weighted by Gasteiger charge is 2.23. The molecule has 4 heterocycles. The lowest BCUT2D eigenvalue weighted by Gasteiger charge is -2.27. The normalized spacial score (nSPS) is 14.1. The molecule has 6 nitrogen and oxygen atoms in total. The Labute approximate surface area is 131 Å². The van der Waals surface area contributed by atoms with E-state index in [2.05, 4.69) is 20.8 Å². The fourth-order valence-corrected chi connectivity index (χ4v) is 3.32. The summed E-state index contributed by atoms with van der Waals surface area (Å²) in [7, 11) is 0. The summed E-state index contributed by atoms with van der Waals surface area (Å²) in [5, 5.41) is 8.02. The van der Waals surface area contributed by atoms with Gasteiger partial charge in [-0.15, -0.1) is 0 Å². The molecule has 0 bridgehead atoms. The first-order valence-corrected chi connectivity index (χ1v) is 8.08. The number of hydrogen-bond acceptors (Lipinski definition) is 4. The van der Waals surface area contributed by atoms with Crippen LogP contribution in [-0.2, 0) is 19.6 Å². The maximum Gasteiger partial charge on any atom is 0.255 e. The summed E-state index contributed by atoms with van der Waals surface area (Å²) in [5.41, 5.74) is 1.74. The van der Waals surface area contributed by atoms with Crippen molar-refractivity contribution in [1.82, 2.24) is 24.2 Å². The number of hydrogen-bond donors (Lipinski definition) is 0. The van der Waals surface area contributed by atoms with Crippen LogP contribution in [0.3, 0.4) is 0 Å². The molecule has 0 N–H and O–H groups in total. The third-order valence-electron chi connectivity index (χ3n) is 3.79. The van der Waals surface area contributed by atoms with Crippen molar-refractivity contribution in [3.05, 3.63) is 58.6 Å². The van der Waals surface area contributed by atoms with Gasteiger partial charge in [0.1, 0.15) is 5.82 Å². The van der Waals surface area contributed by atoms with Gasteiger partial charge in [0, 0.05) is 37.1 Å².